The molecule has 0 bridgehead atoms. The SMILES string of the molecule is Cc1csc(C#Cc2ccc([C@H](O)CCCCC(=O)NO)cc2)c1. The van der Waals surface area contributed by atoms with Crippen molar-refractivity contribution in [1.29, 1.82) is 0 Å². The molecule has 4 nitrogen and oxygen atoms in total. The molecule has 2 rings (SSSR count). The predicted octanol–water partition coefficient (Wildman–Crippen LogP) is 3.56. The van der Waals surface area contributed by atoms with Crippen LogP contribution < -0.4 is 5.48 Å². The Kier molecular flexibility index (Phi) is 7.01. The van der Waals surface area contributed by atoms with Crippen LogP contribution in [0.15, 0.2) is 35.7 Å². The van der Waals surface area contributed by atoms with Gasteiger partial charge in [-0.3, -0.25) is 10.0 Å². The van der Waals surface area contributed by atoms with Crippen LogP contribution in [-0.2, 0) is 4.79 Å². The monoisotopic (exact) mass is 343 g/mol. The molecule has 1 aromatic heterocycles. The molecule has 0 radical (unpaired) electrons. The number of thiophene rings is 1. The molecule has 1 aromatic carbocycles. The molecule has 0 aliphatic carbocycles. The molecule has 0 fully saturated rings. The quantitative estimate of drug-likeness (QED) is 0.325. The number of carbonyl (C=O) groups is 1. The zero-order valence-electron chi connectivity index (χ0n) is 13.6. The van der Waals surface area contributed by atoms with E-state index in [0.29, 0.717) is 19.3 Å². The maximum Gasteiger partial charge on any atom is 0.243 e. The Hall–Kier alpha value is -2.13. The van der Waals surface area contributed by atoms with Crippen molar-refractivity contribution >= 4 is 17.2 Å². The van der Waals surface area contributed by atoms with Crippen LogP contribution in [-0.4, -0.2) is 16.2 Å². The first-order valence-electron chi connectivity index (χ1n) is 7.86. The standard InChI is InChI=1S/C19H21NO3S/c1-14-12-17(24-13-14)11-8-15-6-9-16(10-7-15)18(21)4-2-3-5-19(22)20-23/h6-7,9-10,12-13,18,21,23H,2-5H2,1H3,(H,20,22)/t18-/m1/s1. The molecule has 3 N–H and O–H groups in total. The van der Waals surface area contributed by atoms with Gasteiger partial charge in [-0.2, -0.15) is 0 Å². The number of nitrogens with one attached hydrogen (secondary N) is 1. The van der Waals surface area contributed by atoms with E-state index in [0.717, 1.165) is 16.0 Å². The van der Waals surface area contributed by atoms with Gasteiger partial charge in [0.2, 0.25) is 5.91 Å². The van der Waals surface area contributed by atoms with Crippen molar-refractivity contribution in [3.05, 3.63) is 57.3 Å². The molecule has 5 heteroatoms. The van der Waals surface area contributed by atoms with Gasteiger partial charge in [0.15, 0.2) is 0 Å². The average molecular weight is 343 g/mol. The fourth-order valence-electron chi connectivity index (χ4n) is 2.26. The highest BCUT2D eigenvalue weighted by Crippen LogP contribution is 2.20. The number of hydrogen-bond acceptors (Lipinski definition) is 4. The van der Waals surface area contributed by atoms with Crippen LogP contribution in [0.5, 0.6) is 0 Å². The van der Waals surface area contributed by atoms with Gasteiger partial charge in [-0.15, -0.1) is 11.3 Å². The first-order chi connectivity index (χ1) is 11.6. The number of amides is 1. The Balaban J connectivity index is 1.85. The molecule has 126 valence electrons. The van der Waals surface area contributed by atoms with Crippen molar-refractivity contribution in [2.75, 3.05) is 0 Å². The smallest absolute Gasteiger partial charge is 0.243 e. The molecule has 1 atom stereocenters. The van der Waals surface area contributed by atoms with Crippen LogP contribution in [0, 0.1) is 18.8 Å². The van der Waals surface area contributed by atoms with Gasteiger partial charge in [-0.05, 0) is 54.5 Å². The van der Waals surface area contributed by atoms with E-state index < -0.39 is 12.0 Å². The molecule has 1 amide bonds. The second-order valence-corrected chi connectivity index (χ2v) is 6.57. The van der Waals surface area contributed by atoms with E-state index in [4.69, 9.17) is 5.21 Å². The first kappa shape index (κ1) is 18.2. The summed E-state index contributed by atoms with van der Waals surface area (Å²) in [5.41, 5.74) is 4.58. The summed E-state index contributed by atoms with van der Waals surface area (Å²) in [5, 5.41) is 20.6. The van der Waals surface area contributed by atoms with Gasteiger partial charge in [-0.1, -0.05) is 30.4 Å². The van der Waals surface area contributed by atoms with E-state index in [1.165, 1.54) is 5.56 Å². The number of aliphatic hydroxyl groups excluding tert-OH is 1. The maximum absolute atomic E-state index is 10.9. The van der Waals surface area contributed by atoms with Crippen molar-refractivity contribution in [2.24, 2.45) is 0 Å². The normalized spacial score (nSPS) is 11.5. The molecule has 0 spiro atoms. The van der Waals surface area contributed by atoms with Gasteiger partial charge in [0, 0.05) is 12.0 Å². The van der Waals surface area contributed by atoms with Crippen LogP contribution in [0.2, 0.25) is 0 Å². The Bertz CT molecular complexity index is 725. The minimum Gasteiger partial charge on any atom is -0.388 e. The predicted molar refractivity (Wildman–Crippen MR) is 94.8 cm³/mol. The Morgan fingerprint density at radius 1 is 1.25 bits per heavy atom. The van der Waals surface area contributed by atoms with Gasteiger partial charge < -0.3 is 5.11 Å². The van der Waals surface area contributed by atoms with E-state index >= 15 is 0 Å². The number of hydrogen-bond donors (Lipinski definition) is 3. The highest BCUT2D eigenvalue weighted by Gasteiger charge is 2.07. The third kappa shape index (κ3) is 5.82. The number of hydroxylamine groups is 1. The summed E-state index contributed by atoms with van der Waals surface area (Å²) in [5.74, 6) is 5.86. The lowest BCUT2D eigenvalue weighted by Gasteiger charge is -2.10. The second kappa shape index (κ2) is 9.24. The molecule has 24 heavy (non-hydrogen) atoms. The molecule has 0 aliphatic rings. The Morgan fingerprint density at radius 2 is 2.00 bits per heavy atom. The van der Waals surface area contributed by atoms with Crippen molar-refractivity contribution in [2.45, 2.75) is 38.7 Å². The number of aryl methyl sites for hydroxylation is 1. The van der Waals surface area contributed by atoms with Crippen molar-refractivity contribution in [3.63, 3.8) is 0 Å². The Labute approximate surface area is 146 Å². The lowest BCUT2D eigenvalue weighted by atomic mass is 10.0. The number of unbranched alkanes of at least 4 members (excludes halogenated alkanes) is 1. The number of aliphatic hydroxyl groups is 1. The summed E-state index contributed by atoms with van der Waals surface area (Å²) in [6, 6.07) is 9.65. The van der Waals surface area contributed by atoms with E-state index in [9.17, 15) is 9.90 Å². The van der Waals surface area contributed by atoms with Gasteiger partial charge in [-0.25, -0.2) is 5.48 Å². The molecule has 0 unspecified atom stereocenters. The topological polar surface area (TPSA) is 69.6 Å². The lowest BCUT2D eigenvalue weighted by Crippen LogP contribution is -2.17. The zero-order chi connectivity index (χ0) is 17.4. The molecule has 0 saturated carbocycles. The van der Waals surface area contributed by atoms with Gasteiger partial charge in [0.05, 0.1) is 11.0 Å². The molecular formula is C19H21NO3S. The largest absolute Gasteiger partial charge is 0.388 e. The average Bonchev–Trinajstić information content (AvgIpc) is 3.02. The summed E-state index contributed by atoms with van der Waals surface area (Å²) in [4.78, 5) is 11.9. The highest BCUT2D eigenvalue weighted by molar-refractivity contribution is 7.10. The molecule has 1 heterocycles. The lowest BCUT2D eigenvalue weighted by molar-refractivity contribution is -0.129. The van der Waals surface area contributed by atoms with Crippen molar-refractivity contribution in [3.8, 4) is 11.8 Å². The van der Waals surface area contributed by atoms with Crippen LogP contribution in [0.4, 0.5) is 0 Å². The number of benzene rings is 1. The van der Waals surface area contributed by atoms with Crippen molar-refractivity contribution < 1.29 is 15.1 Å². The van der Waals surface area contributed by atoms with Gasteiger partial charge >= 0.3 is 0 Å². The summed E-state index contributed by atoms with van der Waals surface area (Å²) < 4.78 is 0. The number of rotatable bonds is 6. The first-order valence-corrected chi connectivity index (χ1v) is 8.74. The number of carbonyl (C=O) groups excluding carboxylic acids is 1. The van der Waals surface area contributed by atoms with Crippen LogP contribution >= 0.6 is 11.3 Å². The van der Waals surface area contributed by atoms with E-state index in [-0.39, 0.29) is 6.42 Å². The molecular weight excluding hydrogens is 322 g/mol. The minimum atomic E-state index is -0.552. The molecule has 2 aromatic rings. The third-order valence-electron chi connectivity index (χ3n) is 3.61. The van der Waals surface area contributed by atoms with Gasteiger partial charge in [0.25, 0.3) is 0 Å². The maximum atomic E-state index is 10.9. The van der Waals surface area contributed by atoms with Crippen LogP contribution in [0.1, 0.15) is 53.4 Å². The minimum absolute atomic E-state index is 0.264. The highest BCUT2D eigenvalue weighted by atomic mass is 32.1. The van der Waals surface area contributed by atoms with Gasteiger partial charge in [0.1, 0.15) is 0 Å². The van der Waals surface area contributed by atoms with Crippen LogP contribution in [0.3, 0.4) is 0 Å². The fourth-order valence-corrected chi connectivity index (χ4v) is 3.01. The molecule has 0 aliphatic heterocycles. The molecule has 0 saturated heterocycles. The van der Waals surface area contributed by atoms with E-state index in [1.54, 1.807) is 16.8 Å². The summed E-state index contributed by atoms with van der Waals surface area (Å²) in [6.07, 6.45) is 1.64. The zero-order valence-corrected chi connectivity index (χ0v) is 14.4. The third-order valence-corrected chi connectivity index (χ3v) is 4.58. The Morgan fingerprint density at radius 3 is 2.62 bits per heavy atom. The summed E-state index contributed by atoms with van der Waals surface area (Å²) in [7, 11) is 0. The van der Waals surface area contributed by atoms with Crippen LogP contribution in [0.25, 0.3) is 0 Å². The van der Waals surface area contributed by atoms with E-state index in [2.05, 4.69) is 23.3 Å². The van der Waals surface area contributed by atoms with E-state index in [1.807, 2.05) is 31.2 Å². The summed E-state index contributed by atoms with van der Waals surface area (Å²) >= 11 is 1.63. The van der Waals surface area contributed by atoms with Crippen molar-refractivity contribution in [1.82, 2.24) is 5.48 Å². The fraction of sp³-hybridized carbons (Fsp3) is 0.316. The summed E-state index contributed by atoms with van der Waals surface area (Å²) in [6.45, 7) is 2.05. The second-order valence-electron chi connectivity index (χ2n) is 5.66.